The van der Waals surface area contributed by atoms with Gasteiger partial charge in [0.2, 0.25) is 5.82 Å². The highest BCUT2D eigenvalue weighted by atomic mass is 16.5. The molecule has 19 heavy (non-hydrogen) atoms. The van der Waals surface area contributed by atoms with Crippen LogP contribution in [-0.2, 0) is 6.61 Å². The second-order valence-corrected chi connectivity index (χ2v) is 4.01. The molecular weight excluding hydrogens is 240 g/mol. The Balaban J connectivity index is 1.69. The summed E-state index contributed by atoms with van der Waals surface area (Å²) in [5, 5.41) is 13.5. The summed E-state index contributed by atoms with van der Waals surface area (Å²) >= 11 is 0. The minimum absolute atomic E-state index is 0.307. The molecule has 1 N–H and O–H groups in total. The molecule has 0 saturated heterocycles. The molecule has 1 aromatic heterocycles. The van der Waals surface area contributed by atoms with Crippen LogP contribution < -0.4 is 4.74 Å². The van der Waals surface area contributed by atoms with Gasteiger partial charge in [-0.2, -0.15) is 5.21 Å². The SMILES string of the molecule is c1ccc(-c2ccc(OCc3nn[nH]n3)cc2)cc1. The zero-order valence-electron chi connectivity index (χ0n) is 10.2. The average Bonchev–Trinajstić information content (AvgIpc) is 3.00. The minimum Gasteiger partial charge on any atom is -0.485 e. The van der Waals surface area contributed by atoms with Gasteiger partial charge in [0.25, 0.3) is 0 Å². The molecule has 5 nitrogen and oxygen atoms in total. The van der Waals surface area contributed by atoms with E-state index < -0.39 is 0 Å². The number of benzene rings is 2. The highest BCUT2D eigenvalue weighted by Crippen LogP contribution is 2.22. The van der Waals surface area contributed by atoms with E-state index in [1.54, 1.807) is 0 Å². The van der Waals surface area contributed by atoms with Crippen molar-refractivity contribution in [1.82, 2.24) is 20.6 Å². The standard InChI is InChI=1S/C14H12N4O/c1-2-4-11(5-3-1)12-6-8-13(9-7-12)19-10-14-15-17-18-16-14/h1-9H,10H2,(H,15,16,17,18). The monoisotopic (exact) mass is 252 g/mol. The maximum absolute atomic E-state index is 5.56. The van der Waals surface area contributed by atoms with Crippen LogP contribution in [0.2, 0.25) is 0 Å². The van der Waals surface area contributed by atoms with Crippen molar-refractivity contribution in [1.29, 1.82) is 0 Å². The maximum Gasteiger partial charge on any atom is 0.211 e. The summed E-state index contributed by atoms with van der Waals surface area (Å²) in [7, 11) is 0. The van der Waals surface area contributed by atoms with Gasteiger partial charge in [0.1, 0.15) is 5.75 Å². The molecule has 0 atom stereocenters. The highest BCUT2D eigenvalue weighted by molar-refractivity contribution is 5.63. The summed E-state index contributed by atoms with van der Waals surface area (Å²) in [6.45, 7) is 0.307. The molecule has 3 rings (SSSR count). The van der Waals surface area contributed by atoms with Crippen molar-refractivity contribution in [3.8, 4) is 16.9 Å². The van der Waals surface area contributed by atoms with Gasteiger partial charge in [-0.3, -0.25) is 0 Å². The van der Waals surface area contributed by atoms with E-state index in [0.29, 0.717) is 12.4 Å². The smallest absolute Gasteiger partial charge is 0.211 e. The van der Waals surface area contributed by atoms with Gasteiger partial charge in [-0.05, 0) is 23.3 Å². The van der Waals surface area contributed by atoms with Gasteiger partial charge in [-0.1, -0.05) is 47.7 Å². The molecule has 0 saturated carbocycles. The number of nitrogens with zero attached hydrogens (tertiary/aromatic N) is 3. The first-order valence-electron chi connectivity index (χ1n) is 5.92. The summed E-state index contributed by atoms with van der Waals surface area (Å²) in [6, 6.07) is 18.1. The molecule has 0 unspecified atom stereocenters. The Bertz CT molecular complexity index is 620. The fourth-order valence-corrected chi connectivity index (χ4v) is 1.77. The van der Waals surface area contributed by atoms with Crippen LogP contribution in [0.3, 0.4) is 0 Å². The molecule has 0 aliphatic heterocycles. The lowest BCUT2D eigenvalue weighted by Crippen LogP contribution is -1.97. The van der Waals surface area contributed by atoms with Gasteiger partial charge in [0, 0.05) is 0 Å². The number of aromatic amines is 1. The van der Waals surface area contributed by atoms with Gasteiger partial charge < -0.3 is 4.74 Å². The molecule has 3 aromatic rings. The molecule has 0 radical (unpaired) electrons. The van der Waals surface area contributed by atoms with E-state index in [1.807, 2.05) is 42.5 Å². The first kappa shape index (κ1) is 11.4. The predicted octanol–water partition coefficient (Wildman–Crippen LogP) is 2.45. The predicted molar refractivity (Wildman–Crippen MR) is 70.4 cm³/mol. The second kappa shape index (κ2) is 5.30. The molecule has 5 heteroatoms. The average molecular weight is 252 g/mol. The first-order valence-corrected chi connectivity index (χ1v) is 5.92. The van der Waals surface area contributed by atoms with Crippen LogP contribution in [0.15, 0.2) is 54.6 Å². The lowest BCUT2D eigenvalue weighted by atomic mass is 10.1. The molecule has 94 valence electrons. The van der Waals surface area contributed by atoms with Crippen molar-refractivity contribution in [3.05, 3.63) is 60.4 Å². The third-order valence-corrected chi connectivity index (χ3v) is 2.72. The Morgan fingerprint density at radius 2 is 1.63 bits per heavy atom. The van der Waals surface area contributed by atoms with E-state index >= 15 is 0 Å². The van der Waals surface area contributed by atoms with Crippen LogP contribution in [0, 0.1) is 0 Å². The third-order valence-electron chi connectivity index (χ3n) is 2.72. The Morgan fingerprint density at radius 3 is 2.32 bits per heavy atom. The number of nitrogens with one attached hydrogen (secondary N) is 1. The summed E-state index contributed by atoms with van der Waals surface area (Å²) in [5.41, 5.74) is 2.35. The van der Waals surface area contributed by atoms with E-state index in [1.165, 1.54) is 5.56 Å². The summed E-state index contributed by atoms with van der Waals surface area (Å²) in [5.74, 6) is 1.32. The molecule has 1 heterocycles. The van der Waals surface area contributed by atoms with E-state index in [4.69, 9.17) is 4.74 Å². The normalized spacial score (nSPS) is 10.3. The number of hydrogen-bond donors (Lipinski definition) is 1. The van der Waals surface area contributed by atoms with Crippen LogP contribution in [-0.4, -0.2) is 20.6 Å². The summed E-state index contributed by atoms with van der Waals surface area (Å²) in [4.78, 5) is 0. The van der Waals surface area contributed by atoms with Crippen molar-refractivity contribution in [3.63, 3.8) is 0 Å². The lowest BCUT2D eigenvalue weighted by Gasteiger charge is -2.05. The molecule has 0 bridgehead atoms. The lowest BCUT2D eigenvalue weighted by molar-refractivity contribution is 0.296. The van der Waals surface area contributed by atoms with E-state index in [-0.39, 0.29) is 0 Å². The fourth-order valence-electron chi connectivity index (χ4n) is 1.77. The topological polar surface area (TPSA) is 63.7 Å². The quantitative estimate of drug-likeness (QED) is 0.774. The van der Waals surface area contributed by atoms with E-state index in [9.17, 15) is 0 Å². The zero-order chi connectivity index (χ0) is 12.9. The molecular formula is C14H12N4O. The molecule has 0 aliphatic carbocycles. The van der Waals surface area contributed by atoms with Crippen LogP contribution >= 0.6 is 0 Å². The van der Waals surface area contributed by atoms with Crippen LogP contribution in [0.5, 0.6) is 5.75 Å². The summed E-state index contributed by atoms with van der Waals surface area (Å²) in [6.07, 6.45) is 0. The van der Waals surface area contributed by atoms with Crippen LogP contribution in [0.1, 0.15) is 5.82 Å². The first-order chi connectivity index (χ1) is 9.42. The maximum atomic E-state index is 5.56. The van der Waals surface area contributed by atoms with Gasteiger partial charge in [0.15, 0.2) is 6.61 Å². The molecule has 0 aliphatic rings. The number of tetrazole rings is 1. The molecule has 0 amide bonds. The number of aromatic nitrogens is 4. The zero-order valence-corrected chi connectivity index (χ0v) is 10.2. The van der Waals surface area contributed by atoms with Gasteiger partial charge in [-0.25, -0.2) is 0 Å². The van der Waals surface area contributed by atoms with Crippen LogP contribution in [0.25, 0.3) is 11.1 Å². The van der Waals surface area contributed by atoms with Crippen molar-refractivity contribution < 1.29 is 4.74 Å². The number of ether oxygens (including phenoxy) is 1. The molecule has 2 aromatic carbocycles. The third kappa shape index (κ3) is 2.77. The van der Waals surface area contributed by atoms with Crippen molar-refractivity contribution in [2.45, 2.75) is 6.61 Å². The number of rotatable bonds is 4. The van der Waals surface area contributed by atoms with Crippen molar-refractivity contribution >= 4 is 0 Å². The molecule has 0 spiro atoms. The highest BCUT2D eigenvalue weighted by Gasteiger charge is 2.01. The fraction of sp³-hybridized carbons (Fsp3) is 0.0714. The van der Waals surface area contributed by atoms with E-state index in [2.05, 4.69) is 32.8 Å². The van der Waals surface area contributed by atoms with E-state index in [0.717, 1.165) is 11.3 Å². The van der Waals surface area contributed by atoms with Gasteiger partial charge in [0.05, 0.1) is 0 Å². The number of hydrogen-bond acceptors (Lipinski definition) is 4. The summed E-state index contributed by atoms with van der Waals surface area (Å²) < 4.78 is 5.56. The number of H-pyrrole nitrogens is 1. The largest absolute Gasteiger partial charge is 0.485 e. The molecule has 0 fully saturated rings. The van der Waals surface area contributed by atoms with Gasteiger partial charge in [-0.15, -0.1) is 10.2 Å². The Labute approximate surface area is 110 Å². The Hall–Kier alpha value is -2.69. The van der Waals surface area contributed by atoms with Crippen molar-refractivity contribution in [2.24, 2.45) is 0 Å². The second-order valence-electron chi connectivity index (χ2n) is 4.01. The minimum atomic E-state index is 0.307. The van der Waals surface area contributed by atoms with Crippen LogP contribution in [0.4, 0.5) is 0 Å². The Kier molecular flexibility index (Phi) is 3.18. The Morgan fingerprint density at radius 1 is 0.895 bits per heavy atom. The van der Waals surface area contributed by atoms with Crippen molar-refractivity contribution in [2.75, 3.05) is 0 Å². The van der Waals surface area contributed by atoms with Gasteiger partial charge >= 0.3 is 0 Å².